The Morgan fingerprint density at radius 1 is 1.21 bits per heavy atom. The zero-order chi connectivity index (χ0) is 14.5. The lowest BCUT2D eigenvalue weighted by molar-refractivity contribution is 0.00128. The molecule has 1 aromatic carbocycles. The Labute approximate surface area is 115 Å². The third-order valence-electron chi connectivity index (χ3n) is 3.51. The molecule has 0 aromatic heterocycles. The predicted molar refractivity (Wildman–Crippen MR) is 77.4 cm³/mol. The molecule has 0 radical (unpaired) electrons. The van der Waals surface area contributed by atoms with Gasteiger partial charge in [0.15, 0.2) is 0 Å². The molecule has 0 spiro atoms. The van der Waals surface area contributed by atoms with Crippen LogP contribution in [0, 0.1) is 0 Å². The summed E-state index contributed by atoms with van der Waals surface area (Å²) < 4.78 is 25.5. The minimum Gasteiger partial charge on any atom is -0.388 e. The molecule has 0 bridgehead atoms. The highest BCUT2D eigenvalue weighted by Gasteiger charge is 2.35. The van der Waals surface area contributed by atoms with Gasteiger partial charge < -0.3 is 5.11 Å². The van der Waals surface area contributed by atoms with Crippen molar-refractivity contribution < 1.29 is 13.5 Å². The Balaban J connectivity index is 2.99. The van der Waals surface area contributed by atoms with Crippen LogP contribution in [-0.4, -0.2) is 31.4 Å². The van der Waals surface area contributed by atoms with Crippen LogP contribution < -0.4 is 4.72 Å². The molecule has 5 heteroatoms. The molecule has 1 aromatic rings. The highest BCUT2D eigenvalue weighted by Crippen LogP contribution is 2.23. The van der Waals surface area contributed by atoms with E-state index in [1.807, 2.05) is 44.2 Å². The quantitative estimate of drug-likeness (QED) is 0.801. The van der Waals surface area contributed by atoms with E-state index in [0.29, 0.717) is 19.3 Å². The maximum atomic E-state index is 11.5. The predicted octanol–water partition coefficient (Wildman–Crippen LogP) is 1.70. The Morgan fingerprint density at radius 3 is 2.16 bits per heavy atom. The van der Waals surface area contributed by atoms with Gasteiger partial charge in [-0.3, -0.25) is 0 Å². The van der Waals surface area contributed by atoms with E-state index in [-0.39, 0.29) is 0 Å². The maximum Gasteiger partial charge on any atom is 0.209 e. The van der Waals surface area contributed by atoms with Gasteiger partial charge in [0, 0.05) is 0 Å². The zero-order valence-corrected chi connectivity index (χ0v) is 12.6. The fourth-order valence-electron chi connectivity index (χ4n) is 2.19. The lowest BCUT2D eigenvalue weighted by atomic mass is 9.85. The van der Waals surface area contributed by atoms with Crippen molar-refractivity contribution in [2.24, 2.45) is 0 Å². The molecule has 108 valence electrons. The SMILES string of the molecule is CCC(O)(CC)[C@H](Cc1ccccc1)NS(C)(=O)=O. The van der Waals surface area contributed by atoms with Crippen LogP contribution >= 0.6 is 0 Å². The molecular formula is C14H23NO3S. The number of hydrogen-bond donors (Lipinski definition) is 2. The minimum absolute atomic E-state index is 0.478. The van der Waals surface area contributed by atoms with E-state index in [1.165, 1.54) is 0 Å². The highest BCUT2D eigenvalue weighted by molar-refractivity contribution is 7.88. The van der Waals surface area contributed by atoms with Crippen molar-refractivity contribution in [1.29, 1.82) is 0 Å². The first-order valence-corrected chi connectivity index (χ1v) is 8.43. The minimum atomic E-state index is -3.36. The highest BCUT2D eigenvalue weighted by atomic mass is 32.2. The fourth-order valence-corrected chi connectivity index (χ4v) is 3.01. The van der Waals surface area contributed by atoms with E-state index in [4.69, 9.17) is 0 Å². The Hall–Kier alpha value is -0.910. The lowest BCUT2D eigenvalue weighted by Crippen LogP contribution is -2.53. The van der Waals surface area contributed by atoms with Crippen LogP contribution in [0.5, 0.6) is 0 Å². The van der Waals surface area contributed by atoms with Crippen molar-refractivity contribution in [3.63, 3.8) is 0 Å². The van der Waals surface area contributed by atoms with Gasteiger partial charge in [0.2, 0.25) is 10.0 Å². The van der Waals surface area contributed by atoms with Gasteiger partial charge in [0.1, 0.15) is 0 Å². The Bertz CT molecular complexity index is 481. The maximum absolute atomic E-state index is 11.5. The summed E-state index contributed by atoms with van der Waals surface area (Å²) in [6, 6.07) is 9.08. The molecule has 0 amide bonds. The molecule has 0 saturated heterocycles. The summed E-state index contributed by atoms with van der Waals surface area (Å²) in [5.74, 6) is 0. The van der Waals surface area contributed by atoms with Crippen molar-refractivity contribution in [1.82, 2.24) is 4.72 Å². The van der Waals surface area contributed by atoms with Crippen molar-refractivity contribution in [3.8, 4) is 0 Å². The molecule has 0 fully saturated rings. The van der Waals surface area contributed by atoms with E-state index in [0.717, 1.165) is 11.8 Å². The van der Waals surface area contributed by atoms with Gasteiger partial charge in [0.05, 0.1) is 17.9 Å². The normalized spacial score (nSPS) is 14.3. The van der Waals surface area contributed by atoms with Gasteiger partial charge in [-0.25, -0.2) is 13.1 Å². The van der Waals surface area contributed by atoms with E-state index in [2.05, 4.69) is 4.72 Å². The molecule has 2 N–H and O–H groups in total. The van der Waals surface area contributed by atoms with Gasteiger partial charge in [0.25, 0.3) is 0 Å². The average molecular weight is 285 g/mol. The van der Waals surface area contributed by atoms with Gasteiger partial charge in [-0.2, -0.15) is 0 Å². The summed E-state index contributed by atoms with van der Waals surface area (Å²) in [7, 11) is -3.36. The van der Waals surface area contributed by atoms with E-state index in [1.54, 1.807) is 0 Å². The first kappa shape index (κ1) is 16.1. The average Bonchev–Trinajstić information content (AvgIpc) is 2.37. The molecule has 0 aliphatic carbocycles. The summed E-state index contributed by atoms with van der Waals surface area (Å²) in [5.41, 5.74) is -0.0252. The van der Waals surface area contributed by atoms with Crippen molar-refractivity contribution >= 4 is 10.0 Å². The van der Waals surface area contributed by atoms with Crippen LogP contribution in [0.3, 0.4) is 0 Å². The van der Waals surface area contributed by atoms with Crippen molar-refractivity contribution in [2.75, 3.05) is 6.26 Å². The van der Waals surface area contributed by atoms with Crippen LogP contribution in [0.1, 0.15) is 32.3 Å². The first-order valence-electron chi connectivity index (χ1n) is 6.54. The Kier molecular flexibility index (Phi) is 5.52. The second-order valence-electron chi connectivity index (χ2n) is 4.94. The molecule has 0 heterocycles. The van der Waals surface area contributed by atoms with Crippen molar-refractivity contribution in [2.45, 2.75) is 44.8 Å². The summed E-state index contributed by atoms with van der Waals surface area (Å²) in [6.07, 6.45) is 2.61. The summed E-state index contributed by atoms with van der Waals surface area (Å²) in [6.45, 7) is 3.73. The lowest BCUT2D eigenvalue weighted by Gasteiger charge is -2.35. The summed E-state index contributed by atoms with van der Waals surface area (Å²) in [5, 5.41) is 10.6. The van der Waals surface area contributed by atoms with E-state index in [9.17, 15) is 13.5 Å². The number of aliphatic hydroxyl groups is 1. The van der Waals surface area contributed by atoms with Gasteiger partial charge >= 0.3 is 0 Å². The van der Waals surface area contributed by atoms with Crippen LogP contribution in [0.2, 0.25) is 0 Å². The number of hydrogen-bond acceptors (Lipinski definition) is 3. The molecule has 0 saturated carbocycles. The molecular weight excluding hydrogens is 262 g/mol. The van der Waals surface area contributed by atoms with E-state index < -0.39 is 21.7 Å². The van der Waals surface area contributed by atoms with Crippen LogP contribution in [0.15, 0.2) is 30.3 Å². The topological polar surface area (TPSA) is 66.4 Å². The van der Waals surface area contributed by atoms with E-state index >= 15 is 0 Å². The number of rotatable bonds is 7. The summed E-state index contributed by atoms with van der Waals surface area (Å²) >= 11 is 0. The molecule has 0 unspecified atom stereocenters. The smallest absolute Gasteiger partial charge is 0.209 e. The molecule has 1 rings (SSSR count). The number of nitrogens with one attached hydrogen (secondary N) is 1. The van der Waals surface area contributed by atoms with Gasteiger partial charge in [-0.15, -0.1) is 0 Å². The van der Waals surface area contributed by atoms with Gasteiger partial charge in [-0.1, -0.05) is 44.2 Å². The largest absolute Gasteiger partial charge is 0.388 e. The van der Waals surface area contributed by atoms with Gasteiger partial charge in [-0.05, 0) is 24.8 Å². The van der Waals surface area contributed by atoms with Crippen LogP contribution in [0.4, 0.5) is 0 Å². The van der Waals surface area contributed by atoms with Crippen LogP contribution in [0.25, 0.3) is 0 Å². The molecule has 0 aliphatic rings. The Morgan fingerprint density at radius 2 is 1.74 bits per heavy atom. The number of sulfonamides is 1. The molecule has 4 nitrogen and oxygen atoms in total. The van der Waals surface area contributed by atoms with Crippen molar-refractivity contribution in [3.05, 3.63) is 35.9 Å². The van der Waals surface area contributed by atoms with Crippen LogP contribution in [-0.2, 0) is 16.4 Å². The first-order chi connectivity index (χ1) is 8.80. The fraction of sp³-hybridized carbons (Fsp3) is 0.571. The zero-order valence-electron chi connectivity index (χ0n) is 11.8. The monoisotopic (exact) mass is 285 g/mol. The second kappa shape index (κ2) is 6.50. The standard InChI is InChI=1S/C14H23NO3S/c1-4-14(16,5-2)13(15-19(3,17)18)11-12-9-7-6-8-10-12/h6-10,13,15-16H,4-5,11H2,1-3H3/t13-/m0/s1. The second-order valence-corrected chi connectivity index (χ2v) is 6.72. The third-order valence-corrected chi connectivity index (χ3v) is 4.22. The third kappa shape index (κ3) is 4.93. The molecule has 1 atom stereocenters. The molecule has 19 heavy (non-hydrogen) atoms. The summed E-state index contributed by atoms with van der Waals surface area (Å²) in [4.78, 5) is 0. The molecule has 0 aliphatic heterocycles. The number of benzene rings is 1.